The average Bonchev–Trinajstić information content (AvgIpc) is 2.61. The number of nitrogens with one attached hydrogen (secondary N) is 1. The molecule has 0 heterocycles. The van der Waals surface area contributed by atoms with Gasteiger partial charge in [0, 0.05) is 18.3 Å². The molecule has 2 rings (SSSR count). The number of anilines is 1. The fourth-order valence-electron chi connectivity index (χ4n) is 2.42. The standard InChI is InChI=1S/C19H16F6N2O2/c1-11-3-5-15(6-4-11)26-16(28)10-27(2)17(29)12-7-13(18(20,21)22)9-14(8-12)19(23,24)25/h3-9H,10H2,1-2H3,(H,26,28). The number of halogens is 6. The van der Waals surface area contributed by atoms with Crippen molar-refractivity contribution in [2.24, 2.45) is 0 Å². The van der Waals surface area contributed by atoms with Gasteiger partial charge in [0.25, 0.3) is 5.91 Å². The van der Waals surface area contributed by atoms with E-state index in [9.17, 15) is 35.9 Å². The van der Waals surface area contributed by atoms with E-state index in [1.54, 1.807) is 24.3 Å². The summed E-state index contributed by atoms with van der Waals surface area (Å²) in [6.07, 6.45) is -10.1. The van der Waals surface area contributed by atoms with Crippen LogP contribution in [-0.4, -0.2) is 30.3 Å². The number of nitrogens with zero attached hydrogens (tertiary/aromatic N) is 1. The molecule has 0 aliphatic rings. The number of carbonyl (C=O) groups excluding carboxylic acids is 2. The van der Waals surface area contributed by atoms with E-state index in [1.807, 2.05) is 6.92 Å². The van der Waals surface area contributed by atoms with Crippen LogP contribution < -0.4 is 5.32 Å². The number of likely N-dealkylation sites (N-methyl/N-ethyl adjacent to an activating group) is 1. The van der Waals surface area contributed by atoms with Crippen molar-refractivity contribution in [2.45, 2.75) is 19.3 Å². The quantitative estimate of drug-likeness (QED) is 0.729. The number of hydrogen-bond donors (Lipinski definition) is 1. The van der Waals surface area contributed by atoms with Crippen molar-refractivity contribution < 1.29 is 35.9 Å². The number of rotatable bonds is 4. The molecule has 0 saturated carbocycles. The number of aryl methyl sites for hydroxylation is 1. The molecule has 1 N–H and O–H groups in total. The Bertz CT molecular complexity index is 872. The molecule has 0 aromatic heterocycles. The molecule has 0 spiro atoms. The van der Waals surface area contributed by atoms with Crippen LogP contribution >= 0.6 is 0 Å². The Balaban J connectivity index is 2.21. The lowest BCUT2D eigenvalue weighted by molar-refractivity contribution is -0.143. The maximum absolute atomic E-state index is 12.9. The van der Waals surface area contributed by atoms with Crippen molar-refractivity contribution in [3.8, 4) is 0 Å². The van der Waals surface area contributed by atoms with E-state index in [4.69, 9.17) is 0 Å². The first-order valence-electron chi connectivity index (χ1n) is 8.19. The number of alkyl halides is 6. The van der Waals surface area contributed by atoms with Gasteiger partial charge in [0.05, 0.1) is 17.7 Å². The Morgan fingerprint density at radius 1 is 0.897 bits per heavy atom. The van der Waals surface area contributed by atoms with Crippen LogP contribution in [0.5, 0.6) is 0 Å². The lowest BCUT2D eigenvalue weighted by atomic mass is 10.0. The van der Waals surface area contributed by atoms with Gasteiger partial charge < -0.3 is 10.2 Å². The third kappa shape index (κ3) is 5.97. The molecule has 156 valence electrons. The van der Waals surface area contributed by atoms with Crippen LogP contribution in [0.2, 0.25) is 0 Å². The normalized spacial score (nSPS) is 11.9. The highest BCUT2D eigenvalue weighted by Crippen LogP contribution is 2.36. The lowest BCUT2D eigenvalue weighted by Crippen LogP contribution is -2.35. The summed E-state index contributed by atoms with van der Waals surface area (Å²) in [5, 5.41) is 2.48. The predicted molar refractivity (Wildman–Crippen MR) is 93.2 cm³/mol. The Morgan fingerprint density at radius 2 is 1.38 bits per heavy atom. The largest absolute Gasteiger partial charge is 0.416 e. The second-order valence-corrected chi connectivity index (χ2v) is 6.37. The third-order valence-corrected chi connectivity index (χ3v) is 3.90. The molecule has 4 nitrogen and oxygen atoms in total. The summed E-state index contributed by atoms with van der Waals surface area (Å²) in [5.41, 5.74) is -2.65. The van der Waals surface area contributed by atoms with Crippen molar-refractivity contribution in [3.63, 3.8) is 0 Å². The van der Waals surface area contributed by atoms with Gasteiger partial charge in [-0.2, -0.15) is 26.3 Å². The number of amides is 2. The van der Waals surface area contributed by atoms with E-state index in [-0.39, 0.29) is 6.07 Å². The first kappa shape index (κ1) is 22.3. The van der Waals surface area contributed by atoms with E-state index < -0.39 is 47.4 Å². The summed E-state index contributed by atoms with van der Waals surface area (Å²) in [6.45, 7) is 1.27. The second-order valence-electron chi connectivity index (χ2n) is 6.37. The molecule has 0 aliphatic heterocycles. The second kappa shape index (κ2) is 8.14. The highest BCUT2D eigenvalue weighted by molar-refractivity contribution is 5.99. The molecule has 2 aromatic rings. The molecule has 0 bridgehead atoms. The van der Waals surface area contributed by atoms with Crippen LogP contribution in [0.15, 0.2) is 42.5 Å². The van der Waals surface area contributed by atoms with Gasteiger partial charge >= 0.3 is 12.4 Å². The fraction of sp³-hybridized carbons (Fsp3) is 0.263. The van der Waals surface area contributed by atoms with Gasteiger partial charge in [-0.05, 0) is 37.3 Å². The van der Waals surface area contributed by atoms with Crippen LogP contribution in [0.25, 0.3) is 0 Å². The summed E-state index contributed by atoms with van der Waals surface area (Å²) in [6, 6.07) is 7.26. The van der Waals surface area contributed by atoms with Gasteiger partial charge in [-0.1, -0.05) is 17.7 Å². The first-order chi connectivity index (χ1) is 13.3. The lowest BCUT2D eigenvalue weighted by Gasteiger charge is -2.19. The Labute approximate surface area is 162 Å². The summed E-state index contributed by atoms with van der Waals surface area (Å²) in [5.74, 6) is -1.81. The third-order valence-electron chi connectivity index (χ3n) is 3.90. The van der Waals surface area contributed by atoms with E-state index in [0.29, 0.717) is 17.8 Å². The first-order valence-corrected chi connectivity index (χ1v) is 8.19. The summed E-state index contributed by atoms with van der Waals surface area (Å²) in [7, 11) is 1.10. The predicted octanol–water partition coefficient (Wildman–Crippen LogP) is 4.74. The van der Waals surface area contributed by atoms with Gasteiger partial charge in [-0.15, -0.1) is 0 Å². The van der Waals surface area contributed by atoms with Crippen molar-refractivity contribution >= 4 is 17.5 Å². The van der Waals surface area contributed by atoms with Crippen molar-refractivity contribution in [2.75, 3.05) is 18.9 Å². The topological polar surface area (TPSA) is 49.4 Å². The minimum atomic E-state index is -5.07. The van der Waals surface area contributed by atoms with Gasteiger partial charge in [0.15, 0.2) is 0 Å². The molecule has 0 aliphatic carbocycles. The van der Waals surface area contributed by atoms with Gasteiger partial charge in [-0.25, -0.2) is 0 Å². The van der Waals surface area contributed by atoms with Crippen LogP contribution in [-0.2, 0) is 17.1 Å². The number of hydrogen-bond acceptors (Lipinski definition) is 2. The van der Waals surface area contributed by atoms with Crippen molar-refractivity contribution in [1.29, 1.82) is 0 Å². The monoisotopic (exact) mass is 418 g/mol. The molecule has 10 heteroatoms. The molecule has 0 saturated heterocycles. The number of benzene rings is 2. The van der Waals surface area contributed by atoms with Gasteiger partial charge in [-0.3, -0.25) is 9.59 Å². The molecule has 2 aromatic carbocycles. The maximum Gasteiger partial charge on any atom is 0.416 e. The Morgan fingerprint density at radius 3 is 1.83 bits per heavy atom. The van der Waals surface area contributed by atoms with E-state index in [2.05, 4.69) is 5.32 Å². The SMILES string of the molecule is Cc1ccc(NC(=O)CN(C)C(=O)c2cc(C(F)(F)F)cc(C(F)(F)F)c2)cc1. The Kier molecular flexibility index (Phi) is 6.24. The van der Waals surface area contributed by atoms with Crippen LogP contribution in [0.4, 0.5) is 32.0 Å². The van der Waals surface area contributed by atoms with Crippen LogP contribution in [0.1, 0.15) is 27.0 Å². The zero-order chi connectivity index (χ0) is 22.0. The smallest absolute Gasteiger partial charge is 0.332 e. The fourth-order valence-corrected chi connectivity index (χ4v) is 2.42. The molecule has 0 fully saturated rings. The minimum absolute atomic E-state index is 0.0686. The molecular formula is C19H16F6N2O2. The minimum Gasteiger partial charge on any atom is -0.332 e. The maximum atomic E-state index is 12.9. The highest BCUT2D eigenvalue weighted by atomic mass is 19.4. The summed E-state index contributed by atoms with van der Waals surface area (Å²) in [4.78, 5) is 25.1. The summed E-state index contributed by atoms with van der Waals surface area (Å²) >= 11 is 0. The number of carbonyl (C=O) groups is 2. The summed E-state index contributed by atoms with van der Waals surface area (Å²) < 4.78 is 77.5. The molecule has 0 atom stereocenters. The van der Waals surface area contributed by atoms with Crippen LogP contribution in [0, 0.1) is 6.92 Å². The van der Waals surface area contributed by atoms with Gasteiger partial charge in [0.2, 0.25) is 5.91 Å². The highest BCUT2D eigenvalue weighted by Gasteiger charge is 2.37. The van der Waals surface area contributed by atoms with Gasteiger partial charge in [0.1, 0.15) is 0 Å². The molecular weight excluding hydrogens is 402 g/mol. The molecule has 0 radical (unpaired) electrons. The molecule has 0 unspecified atom stereocenters. The average molecular weight is 418 g/mol. The van der Waals surface area contributed by atoms with Crippen molar-refractivity contribution in [1.82, 2.24) is 4.90 Å². The van der Waals surface area contributed by atoms with E-state index in [0.717, 1.165) is 17.5 Å². The molecule has 29 heavy (non-hydrogen) atoms. The van der Waals surface area contributed by atoms with E-state index in [1.165, 1.54) is 0 Å². The van der Waals surface area contributed by atoms with E-state index >= 15 is 0 Å². The van der Waals surface area contributed by atoms with Crippen molar-refractivity contribution in [3.05, 3.63) is 64.7 Å². The molecule has 2 amide bonds. The zero-order valence-corrected chi connectivity index (χ0v) is 15.3. The Hall–Kier alpha value is -3.04. The zero-order valence-electron chi connectivity index (χ0n) is 15.3. The van der Waals surface area contributed by atoms with Crippen LogP contribution in [0.3, 0.4) is 0 Å².